The van der Waals surface area contributed by atoms with Crippen LogP contribution in [0.25, 0.3) is 0 Å². The number of hydrogen-bond donors (Lipinski definition) is 4. The summed E-state index contributed by atoms with van der Waals surface area (Å²) in [6.45, 7) is 1.73. The molecule has 0 radical (unpaired) electrons. The van der Waals surface area contributed by atoms with Crippen molar-refractivity contribution in [3.05, 3.63) is 0 Å². The summed E-state index contributed by atoms with van der Waals surface area (Å²) in [6, 6.07) is 0. The second kappa shape index (κ2) is 16.9. The largest absolute Gasteiger partial charge is 0.480 e. The van der Waals surface area contributed by atoms with Crippen LogP contribution < -0.4 is 0 Å². The summed E-state index contributed by atoms with van der Waals surface area (Å²) in [5, 5.41) is 31.6. The molecule has 1 unspecified atom stereocenters. The number of alkyl halides is 2. The van der Waals surface area contributed by atoms with Crippen LogP contribution in [0.15, 0.2) is 0 Å². The Balaban J connectivity index is -0.000000160. The Morgan fingerprint density at radius 1 is 1.12 bits per heavy atom. The number of hydrogen-bond acceptors (Lipinski definition) is 4. The molecule has 1 atom stereocenters. The van der Waals surface area contributed by atoms with Crippen molar-refractivity contribution in [2.45, 2.75) is 19.4 Å². The lowest BCUT2D eigenvalue weighted by Gasteiger charge is -1.95. The maximum atomic E-state index is 9.24. The molecule has 0 aromatic heterocycles. The van der Waals surface area contributed by atoms with Crippen LogP contribution in [0, 0.1) is 0 Å². The smallest absolute Gasteiger partial charge is 0.318 e. The maximum Gasteiger partial charge on any atom is 0.318 e. The van der Waals surface area contributed by atoms with Crippen molar-refractivity contribution < 1.29 is 30.0 Å². The summed E-state index contributed by atoms with van der Waals surface area (Å²) in [5.41, 5.74) is 0. The normalized spacial score (nSPS) is 10.1. The van der Waals surface area contributed by atoms with Crippen LogP contribution in [0.4, 0.5) is 0 Å². The maximum absolute atomic E-state index is 9.24. The minimum atomic E-state index is -0.980. The molecule has 0 aromatic rings. The Kier molecular flexibility index (Phi) is 21.9. The van der Waals surface area contributed by atoms with Gasteiger partial charge >= 0.3 is 11.9 Å². The zero-order chi connectivity index (χ0) is 13.6. The molecule has 0 amide bonds. The third-order valence-corrected chi connectivity index (χ3v) is 1.23. The van der Waals surface area contributed by atoms with Gasteiger partial charge in [-0.15, -0.1) is 23.2 Å². The second-order valence-electron chi connectivity index (χ2n) is 2.42. The summed E-state index contributed by atoms with van der Waals surface area (Å²) >= 11 is 9.47. The molecule has 98 valence electrons. The van der Waals surface area contributed by atoms with E-state index in [9.17, 15) is 9.59 Å². The van der Waals surface area contributed by atoms with E-state index in [-0.39, 0.29) is 24.5 Å². The number of carbonyl (C=O) groups is 2. The van der Waals surface area contributed by atoms with E-state index in [4.69, 9.17) is 43.6 Å². The molecule has 0 aliphatic rings. The minimum Gasteiger partial charge on any atom is -0.480 e. The molecule has 4 N–H and O–H groups in total. The van der Waals surface area contributed by atoms with Gasteiger partial charge in [0, 0.05) is 6.61 Å². The van der Waals surface area contributed by atoms with Gasteiger partial charge in [0.1, 0.15) is 11.8 Å². The van der Waals surface area contributed by atoms with Crippen LogP contribution in [-0.4, -0.2) is 56.8 Å². The molecule has 0 rings (SSSR count). The number of carboxylic acids is 2. The SMILES string of the molecule is CC(O)CCO.O=C(O)CCl.O=C(O)CCl. The van der Waals surface area contributed by atoms with Crippen molar-refractivity contribution in [2.24, 2.45) is 0 Å². The molecule has 0 aliphatic heterocycles. The number of halogens is 2. The fraction of sp³-hybridized carbons (Fsp3) is 0.750. The molecule has 8 heteroatoms. The molecule has 0 spiro atoms. The number of aliphatic hydroxyl groups excluding tert-OH is 2. The lowest BCUT2D eigenvalue weighted by atomic mass is 10.3. The van der Waals surface area contributed by atoms with Crippen LogP contribution >= 0.6 is 23.2 Å². The van der Waals surface area contributed by atoms with Crippen LogP contribution in [0.3, 0.4) is 0 Å². The van der Waals surface area contributed by atoms with E-state index in [2.05, 4.69) is 0 Å². The highest BCUT2D eigenvalue weighted by molar-refractivity contribution is 6.26. The fourth-order valence-electron chi connectivity index (χ4n) is 0.187. The van der Waals surface area contributed by atoms with Crippen LogP contribution in [0.2, 0.25) is 0 Å². The zero-order valence-corrected chi connectivity index (χ0v) is 10.3. The Morgan fingerprint density at radius 2 is 1.38 bits per heavy atom. The Morgan fingerprint density at radius 3 is 1.38 bits per heavy atom. The standard InChI is InChI=1S/C4H10O2.2C2H3ClO2/c1-4(6)2-3-5;2*3-1-2(4)5/h4-6H,2-3H2,1H3;2*1H2,(H,4,5). The van der Waals surface area contributed by atoms with Gasteiger partial charge in [-0.05, 0) is 13.3 Å². The molecular formula is C8H16Cl2O6. The van der Waals surface area contributed by atoms with E-state index < -0.39 is 11.9 Å². The Bertz CT molecular complexity index is 160. The lowest BCUT2D eigenvalue weighted by molar-refractivity contribution is -0.135. The van der Waals surface area contributed by atoms with Gasteiger partial charge in [0.15, 0.2) is 0 Å². The predicted molar refractivity (Wildman–Crippen MR) is 60.1 cm³/mol. The first-order chi connectivity index (χ1) is 7.31. The first-order valence-corrected chi connectivity index (χ1v) is 5.23. The van der Waals surface area contributed by atoms with E-state index in [1.54, 1.807) is 6.92 Å². The average Bonchev–Trinajstić information content (AvgIpc) is 2.19. The van der Waals surface area contributed by atoms with Gasteiger partial charge in [0.25, 0.3) is 0 Å². The molecule has 16 heavy (non-hydrogen) atoms. The van der Waals surface area contributed by atoms with Crippen molar-refractivity contribution in [1.29, 1.82) is 0 Å². The monoisotopic (exact) mass is 278 g/mol. The lowest BCUT2D eigenvalue weighted by Crippen LogP contribution is -2.00. The third kappa shape index (κ3) is 50.1. The first kappa shape index (κ1) is 20.8. The Hall–Kier alpha value is -0.560. The van der Waals surface area contributed by atoms with Crippen LogP contribution in [-0.2, 0) is 9.59 Å². The van der Waals surface area contributed by atoms with Crippen molar-refractivity contribution in [3.63, 3.8) is 0 Å². The zero-order valence-electron chi connectivity index (χ0n) is 8.77. The molecule has 0 heterocycles. The van der Waals surface area contributed by atoms with Crippen molar-refractivity contribution in [1.82, 2.24) is 0 Å². The highest BCUT2D eigenvalue weighted by atomic mass is 35.5. The summed E-state index contributed by atoms with van der Waals surface area (Å²) in [5.74, 6) is -2.57. The molecule has 0 bridgehead atoms. The van der Waals surface area contributed by atoms with Crippen molar-refractivity contribution in [2.75, 3.05) is 18.4 Å². The van der Waals surface area contributed by atoms with Crippen LogP contribution in [0.5, 0.6) is 0 Å². The third-order valence-electron chi connectivity index (χ3n) is 0.776. The molecule has 0 saturated carbocycles. The molecule has 0 aromatic carbocycles. The van der Waals surface area contributed by atoms with Crippen molar-refractivity contribution >= 4 is 35.1 Å². The van der Waals surface area contributed by atoms with E-state index in [1.807, 2.05) is 0 Å². The van der Waals surface area contributed by atoms with E-state index in [0.29, 0.717) is 6.42 Å². The van der Waals surface area contributed by atoms with Crippen LogP contribution in [0.1, 0.15) is 13.3 Å². The number of carboxylic acid groups (broad SMARTS) is 2. The number of aliphatic carboxylic acids is 2. The van der Waals surface area contributed by atoms with Gasteiger partial charge in [-0.2, -0.15) is 0 Å². The summed E-state index contributed by atoms with van der Waals surface area (Å²) < 4.78 is 0. The summed E-state index contributed by atoms with van der Waals surface area (Å²) in [4.78, 5) is 18.5. The number of aliphatic hydroxyl groups is 2. The highest BCUT2D eigenvalue weighted by Gasteiger charge is 1.88. The van der Waals surface area contributed by atoms with E-state index in [0.717, 1.165) is 0 Å². The van der Waals surface area contributed by atoms with Gasteiger partial charge in [-0.25, -0.2) is 0 Å². The summed E-state index contributed by atoms with van der Waals surface area (Å²) in [7, 11) is 0. The van der Waals surface area contributed by atoms with Gasteiger partial charge in [-0.3, -0.25) is 9.59 Å². The fourth-order valence-corrected chi connectivity index (χ4v) is 0.187. The molecule has 0 aliphatic carbocycles. The molecule has 6 nitrogen and oxygen atoms in total. The quantitative estimate of drug-likeness (QED) is 0.553. The van der Waals surface area contributed by atoms with E-state index in [1.165, 1.54) is 0 Å². The Labute approximate surface area is 103 Å². The highest BCUT2D eigenvalue weighted by Crippen LogP contribution is 1.83. The minimum absolute atomic E-state index is 0.0810. The summed E-state index contributed by atoms with van der Waals surface area (Å²) in [6.07, 6.45) is 0.134. The topological polar surface area (TPSA) is 115 Å². The number of rotatable bonds is 4. The molecule has 0 fully saturated rings. The molecule has 0 saturated heterocycles. The van der Waals surface area contributed by atoms with Gasteiger partial charge in [0.2, 0.25) is 0 Å². The second-order valence-corrected chi connectivity index (χ2v) is 2.95. The van der Waals surface area contributed by atoms with Crippen molar-refractivity contribution in [3.8, 4) is 0 Å². The average molecular weight is 279 g/mol. The predicted octanol–water partition coefficient (Wildman–Crippen LogP) is 0.369. The van der Waals surface area contributed by atoms with E-state index >= 15 is 0 Å². The van der Waals surface area contributed by atoms with Gasteiger partial charge < -0.3 is 20.4 Å². The molecular weight excluding hydrogens is 263 g/mol. The van der Waals surface area contributed by atoms with Gasteiger partial charge in [-0.1, -0.05) is 0 Å². The van der Waals surface area contributed by atoms with Gasteiger partial charge in [0.05, 0.1) is 6.10 Å². The first-order valence-electron chi connectivity index (χ1n) is 4.16.